The number of carbonyl (C=O) groups excluding carboxylic acids is 2. The molecule has 0 fully saturated rings. The predicted octanol–water partition coefficient (Wildman–Crippen LogP) is 1.97. The van der Waals surface area contributed by atoms with E-state index in [1.807, 2.05) is 0 Å². The Kier molecular flexibility index (Phi) is 6.20. The molecular weight excluding hydrogens is 166 g/mol. The summed E-state index contributed by atoms with van der Waals surface area (Å²) in [5, 5.41) is 0. The van der Waals surface area contributed by atoms with Gasteiger partial charge in [0.1, 0.15) is 5.78 Å². The van der Waals surface area contributed by atoms with Gasteiger partial charge in [-0.2, -0.15) is 0 Å². The molecule has 1 radical (unpaired) electrons. The number of ketones is 1. The molecule has 0 heterocycles. The van der Waals surface area contributed by atoms with Crippen molar-refractivity contribution < 1.29 is 9.59 Å². The molecule has 1 atom stereocenters. The number of amides is 1. The van der Waals surface area contributed by atoms with Crippen molar-refractivity contribution in [2.24, 2.45) is 5.92 Å². The summed E-state index contributed by atoms with van der Waals surface area (Å²) in [7, 11) is 0. The van der Waals surface area contributed by atoms with Crippen LogP contribution >= 0.6 is 0 Å². The zero-order valence-corrected chi connectivity index (χ0v) is 8.43. The molecule has 3 nitrogen and oxygen atoms in total. The Bertz CT molecular complexity index is 164. The number of hydrogen-bond donors (Lipinski definition) is 0. The average molecular weight is 184 g/mol. The molecule has 1 amide bonds. The third-order valence-corrected chi connectivity index (χ3v) is 2.15. The minimum atomic E-state index is -0.732. The maximum atomic E-state index is 10.9. The molecule has 1 unspecified atom stereocenters. The van der Waals surface area contributed by atoms with Crippen molar-refractivity contribution in [1.82, 2.24) is 5.73 Å². The molecule has 0 aliphatic rings. The van der Waals surface area contributed by atoms with Gasteiger partial charge in [0.25, 0.3) is 0 Å². The summed E-state index contributed by atoms with van der Waals surface area (Å²) in [5.41, 5.74) is 6.89. The maximum Gasteiger partial charge on any atom is 0.248 e. The van der Waals surface area contributed by atoms with Crippen molar-refractivity contribution >= 4 is 11.7 Å². The zero-order chi connectivity index (χ0) is 10.3. The molecule has 0 aromatic heterocycles. The largest absolute Gasteiger partial charge is 0.299 e. The van der Waals surface area contributed by atoms with E-state index in [2.05, 4.69) is 6.92 Å². The maximum absolute atomic E-state index is 10.9. The van der Waals surface area contributed by atoms with Crippen molar-refractivity contribution in [1.29, 1.82) is 0 Å². The van der Waals surface area contributed by atoms with Gasteiger partial charge >= 0.3 is 0 Å². The van der Waals surface area contributed by atoms with Gasteiger partial charge in [-0.1, -0.05) is 32.6 Å². The second-order valence-corrected chi connectivity index (χ2v) is 3.38. The van der Waals surface area contributed by atoms with Gasteiger partial charge in [0.15, 0.2) is 0 Å². The molecule has 0 bridgehead atoms. The van der Waals surface area contributed by atoms with E-state index in [4.69, 9.17) is 5.73 Å². The lowest BCUT2D eigenvalue weighted by Crippen LogP contribution is -2.22. The van der Waals surface area contributed by atoms with Gasteiger partial charge in [-0.3, -0.25) is 15.3 Å². The molecule has 13 heavy (non-hydrogen) atoms. The van der Waals surface area contributed by atoms with Gasteiger partial charge in [-0.25, -0.2) is 0 Å². The molecule has 0 saturated heterocycles. The van der Waals surface area contributed by atoms with Gasteiger partial charge in [-0.05, 0) is 13.3 Å². The van der Waals surface area contributed by atoms with E-state index in [-0.39, 0.29) is 5.78 Å². The van der Waals surface area contributed by atoms with Gasteiger partial charge < -0.3 is 0 Å². The van der Waals surface area contributed by atoms with Crippen LogP contribution in [0.15, 0.2) is 0 Å². The molecular formula is C10H18NO2. The van der Waals surface area contributed by atoms with Crippen molar-refractivity contribution in [2.45, 2.75) is 46.0 Å². The minimum absolute atomic E-state index is 0.170. The summed E-state index contributed by atoms with van der Waals surface area (Å²) < 4.78 is 0. The highest BCUT2D eigenvalue weighted by Crippen LogP contribution is 2.11. The van der Waals surface area contributed by atoms with Crippen molar-refractivity contribution in [3.05, 3.63) is 0 Å². The first-order valence-corrected chi connectivity index (χ1v) is 4.85. The van der Waals surface area contributed by atoms with Crippen molar-refractivity contribution in [2.75, 3.05) is 0 Å². The van der Waals surface area contributed by atoms with E-state index in [1.54, 1.807) is 0 Å². The van der Waals surface area contributed by atoms with Crippen LogP contribution in [-0.2, 0) is 9.59 Å². The highest BCUT2D eigenvalue weighted by atomic mass is 16.2. The summed E-state index contributed by atoms with van der Waals surface area (Å²) in [4.78, 5) is 21.6. The van der Waals surface area contributed by atoms with Gasteiger partial charge in [0.2, 0.25) is 5.91 Å². The lowest BCUT2D eigenvalue weighted by atomic mass is 9.97. The molecule has 1 N–H and O–H groups in total. The number of hydrogen-bond acceptors (Lipinski definition) is 2. The number of rotatable bonds is 7. The zero-order valence-electron chi connectivity index (χ0n) is 8.43. The highest BCUT2D eigenvalue weighted by Gasteiger charge is 2.19. The van der Waals surface area contributed by atoms with E-state index in [0.29, 0.717) is 6.42 Å². The summed E-state index contributed by atoms with van der Waals surface area (Å²) >= 11 is 0. The van der Waals surface area contributed by atoms with E-state index in [0.717, 1.165) is 25.7 Å². The quantitative estimate of drug-likeness (QED) is 0.448. The number of unbranched alkanes of at least 4 members (excludes halogenated alkanes) is 3. The summed E-state index contributed by atoms with van der Waals surface area (Å²) in [6, 6.07) is 0. The van der Waals surface area contributed by atoms with Crippen LogP contribution in [0.25, 0.3) is 0 Å². The first-order valence-electron chi connectivity index (χ1n) is 4.85. The van der Waals surface area contributed by atoms with Crippen LogP contribution in [0.2, 0.25) is 0 Å². The fourth-order valence-corrected chi connectivity index (χ4v) is 1.29. The van der Waals surface area contributed by atoms with Crippen LogP contribution in [0, 0.1) is 5.92 Å². The van der Waals surface area contributed by atoms with Gasteiger partial charge in [0.05, 0.1) is 5.92 Å². The second-order valence-electron chi connectivity index (χ2n) is 3.38. The lowest BCUT2D eigenvalue weighted by Gasteiger charge is -2.07. The van der Waals surface area contributed by atoms with Crippen LogP contribution in [0.4, 0.5) is 0 Å². The third kappa shape index (κ3) is 5.39. The molecule has 75 valence electrons. The Labute approximate surface area is 79.7 Å². The number of nitrogens with one attached hydrogen (secondary N) is 1. The highest BCUT2D eigenvalue weighted by molar-refractivity contribution is 5.99. The number of carbonyl (C=O) groups is 2. The fourth-order valence-electron chi connectivity index (χ4n) is 1.29. The van der Waals surface area contributed by atoms with E-state index >= 15 is 0 Å². The third-order valence-electron chi connectivity index (χ3n) is 2.15. The van der Waals surface area contributed by atoms with Crippen molar-refractivity contribution in [3.8, 4) is 0 Å². The van der Waals surface area contributed by atoms with Crippen LogP contribution in [0.5, 0.6) is 0 Å². The van der Waals surface area contributed by atoms with Crippen LogP contribution < -0.4 is 5.73 Å². The summed E-state index contributed by atoms with van der Waals surface area (Å²) in [6.07, 6.45) is 4.75. The van der Waals surface area contributed by atoms with Gasteiger partial charge in [-0.15, -0.1) is 0 Å². The lowest BCUT2D eigenvalue weighted by molar-refractivity contribution is -0.131. The van der Waals surface area contributed by atoms with E-state index < -0.39 is 11.8 Å². The van der Waals surface area contributed by atoms with E-state index in [1.165, 1.54) is 6.92 Å². The van der Waals surface area contributed by atoms with Crippen LogP contribution in [0.1, 0.15) is 46.0 Å². The van der Waals surface area contributed by atoms with Gasteiger partial charge in [0, 0.05) is 0 Å². The topological polar surface area (TPSA) is 57.9 Å². The first kappa shape index (κ1) is 12.1. The number of Topliss-reactive ketones (excluding diaryl/α,β-unsaturated/α-hetero) is 1. The fraction of sp³-hybridized carbons (Fsp3) is 0.800. The predicted molar refractivity (Wildman–Crippen MR) is 51.0 cm³/mol. The Morgan fingerprint density at radius 2 is 1.85 bits per heavy atom. The second kappa shape index (κ2) is 6.63. The Morgan fingerprint density at radius 3 is 2.23 bits per heavy atom. The first-order chi connectivity index (χ1) is 6.09. The van der Waals surface area contributed by atoms with Crippen LogP contribution in [-0.4, -0.2) is 11.7 Å². The molecule has 0 aliphatic carbocycles. The summed E-state index contributed by atoms with van der Waals surface area (Å²) in [5.74, 6) is -1.57. The standard InChI is InChI=1S/C10H18NO2/c1-3-4-5-6-7-9(8(2)12)10(11)13/h9,11H,3-7H2,1-2H3. The van der Waals surface area contributed by atoms with Crippen LogP contribution in [0.3, 0.4) is 0 Å². The molecule has 3 heteroatoms. The van der Waals surface area contributed by atoms with Crippen molar-refractivity contribution in [3.63, 3.8) is 0 Å². The molecule has 0 rings (SSSR count). The molecule has 0 spiro atoms. The Balaban J connectivity index is 3.71. The molecule has 0 aliphatic heterocycles. The normalized spacial score (nSPS) is 12.5. The SMILES string of the molecule is CCCCCCC(C(C)=O)C([NH])=O. The Morgan fingerprint density at radius 1 is 1.23 bits per heavy atom. The average Bonchev–Trinajstić information content (AvgIpc) is 2.02. The van der Waals surface area contributed by atoms with E-state index in [9.17, 15) is 9.59 Å². The monoisotopic (exact) mass is 184 g/mol. The Hall–Kier alpha value is -0.860. The smallest absolute Gasteiger partial charge is 0.248 e. The molecule has 0 aromatic rings. The summed E-state index contributed by atoms with van der Waals surface area (Å²) in [6.45, 7) is 3.50. The molecule has 0 aromatic carbocycles. The minimum Gasteiger partial charge on any atom is -0.299 e. The molecule has 0 saturated carbocycles.